The summed E-state index contributed by atoms with van der Waals surface area (Å²) in [6.07, 6.45) is 1.15. The van der Waals surface area contributed by atoms with Crippen LogP contribution in [0.2, 0.25) is 5.02 Å². The number of piperidine rings is 1. The molecule has 0 bridgehead atoms. The van der Waals surface area contributed by atoms with Gasteiger partial charge in [-0.15, -0.1) is 0 Å². The van der Waals surface area contributed by atoms with E-state index in [1.165, 1.54) is 37.8 Å². The van der Waals surface area contributed by atoms with Crippen LogP contribution in [-0.2, 0) is 14.8 Å². The van der Waals surface area contributed by atoms with Crippen molar-refractivity contribution in [2.75, 3.05) is 39.7 Å². The first-order valence-electron chi connectivity index (χ1n) is 9.66. The highest BCUT2D eigenvalue weighted by Crippen LogP contribution is 2.36. The van der Waals surface area contributed by atoms with Gasteiger partial charge in [0.2, 0.25) is 15.9 Å². The van der Waals surface area contributed by atoms with Crippen LogP contribution in [0.25, 0.3) is 0 Å². The molecule has 0 radical (unpaired) electrons. The smallest absolute Gasteiger partial charge is 0.243 e. The number of rotatable bonds is 7. The predicted octanol–water partition coefficient (Wildman–Crippen LogP) is 3.41. The Kier molecular flexibility index (Phi) is 7.30. The third-order valence-electron chi connectivity index (χ3n) is 5.18. The summed E-state index contributed by atoms with van der Waals surface area (Å²) >= 11 is 6.26. The van der Waals surface area contributed by atoms with Crippen molar-refractivity contribution in [3.05, 3.63) is 41.4 Å². The summed E-state index contributed by atoms with van der Waals surface area (Å²) in [4.78, 5) is 13.1. The average molecular weight is 469 g/mol. The minimum atomic E-state index is -3.72. The molecule has 1 fully saturated rings. The molecule has 2 aromatic carbocycles. The number of carbonyl (C=O) groups excluding carboxylic acids is 1. The highest BCUT2D eigenvalue weighted by atomic mass is 35.5. The van der Waals surface area contributed by atoms with Crippen LogP contribution in [0.4, 0.5) is 5.69 Å². The van der Waals surface area contributed by atoms with Gasteiger partial charge in [0.25, 0.3) is 0 Å². The van der Waals surface area contributed by atoms with Gasteiger partial charge in [-0.05, 0) is 37.1 Å². The lowest BCUT2D eigenvalue weighted by molar-refractivity contribution is -0.120. The van der Waals surface area contributed by atoms with Gasteiger partial charge in [-0.3, -0.25) is 4.79 Å². The molecule has 1 amide bonds. The number of hydrogen-bond donors (Lipinski definition) is 1. The number of hydrogen-bond acceptors (Lipinski definition) is 6. The first-order valence-corrected chi connectivity index (χ1v) is 11.5. The zero-order chi connectivity index (χ0) is 22.6. The van der Waals surface area contributed by atoms with Crippen molar-refractivity contribution < 1.29 is 27.4 Å². The van der Waals surface area contributed by atoms with E-state index in [2.05, 4.69) is 5.32 Å². The third-order valence-corrected chi connectivity index (χ3v) is 7.38. The number of nitrogens with one attached hydrogen (secondary N) is 1. The Morgan fingerprint density at radius 1 is 1.06 bits per heavy atom. The summed E-state index contributed by atoms with van der Waals surface area (Å²) in [6, 6.07) is 9.33. The van der Waals surface area contributed by atoms with Crippen molar-refractivity contribution in [3.63, 3.8) is 0 Å². The van der Waals surface area contributed by atoms with E-state index in [0.717, 1.165) is 0 Å². The number of amides is 1. The standard InChI is InChI=1S/C21H25ClN2O6S/c1-28-15-6-8-16(9-7-15)31(26,27)24-10-4-5-14(13-24)21(25)23-18-12-20(30-3)19(29-2)11-17(18)22/h6-9,11-12,14H,4-5,10,13H2,1-3H3,(H,23,25). The van der Waals surface area contributed by atoms with E-state index in [-0.39, 0.29) is 17.3 Å². The van der Waals surface area contributed by atoms with Gasteiger partial charge in [0.15, 0.2) is 11.5 Å². The van der Waals surface area contributed by atoms with Crippen LogP contribution in [0, 0.1) is 5.92 Å². The third kappa shape index (κ3) is 5.06. The molecule has 1 unspecified atom stereocenters. The first kappa shape index (κ1) is 23.2. The molecular weight excluding hydrogens is 444 g/mol. The zero-order valence-electron chi connectivity index (χ0n) is 17.6. The predicted molar refractivity (Wildman–Crippen MR) is 118 cm³/mol. The van der Waals surface area contributed by atoms with Crippen LogP contribution < -0.4 is 19.5 Å². The second-order valence-electron chi connectivity index (χ2n) is 7.05. The van der Waals surface area contributed by atoms with Gasteiger partial charge in [0.1, 0.15) is 5.75 Å². The highest BCUT2D eigenvalue weighted by molar-refractivity contribution is 7.89. The molecule has 3 rings (SSSR count). The van der Waals surface area contributed by atoms with Crippen molar-refractivity contribution in [2.45, 2.75) is 17.7 Å². The summed E-state index contributed by atoms with van der Waals surface area (Å²) in [5, 5.41) is 3.08. The maximum Gasteiger partial charge on any atom is 0.243 e. The maximum atomic E-state index is 13.0. The molecule has 1 aliphatic heterocycles. The Morgan fingerprint density at radius 3 is 2.32 bits per heavy atom. The SMILES string of the molecule is COc1ccc(S(=O)(=O)N2CCCC(C(=O)Nc3cc(OC)c(OC)cc3Cl)C2)cc1. The van der Waals surface area contributed by atoms with Crippen LogP contribution in [0.1, 0.15) is 12.8 Å². The average Bonchev–Trinajstić information content (AvgIpc) is 2.80. The number of sulfonamides is 1. The molecule has 1 saturated heterocycles. The Labute approximate surface area is 187 Å². The minimum Gasteiger partial charge on any atom is -0.497 e. The summed E-state index contributed by atoms with van der Waals surface area (Å²) < 4.78 is 42.9. The van der Waals surface area contributed by atoms with Crippen LogP contribution in [0.15, 0.2) is 41.3 Å². The Balaban J connectivity index is 1.75. The lowest BCUT2D eigenvalue weighted by Crippen LogP contribution is -2.43. The second kappa shape index (κ2) is 9.76. The van der Waals surface area contributed by atoms with E-state index in [1.54, 1.807) is 24.3 Å². The summed E-state index contributed by atoms with van der Waals surface area (Å²) in [5.74, 6) is 0.630. The van der Waals surface area contributed by atoms with Gasteiger partial charge in [-0.2, -0.15) is 4.31 Å². The number of benzene rings is 2. The first-order chi connectivity index (χ1) is 14.8. The molecule has 1 atom stereocenters. The van der Waals surface area contributed by atoms with Crippen molar-refractivity contribution in [3.8, 4) is 17.2 Å². The van der Waals surface area contributed by atoms with E-state index in [9.17, 15) is 13.2 Å². The second-order valence-corrected chi connectivity index (χ2v) is 9.40. The monoisotopic (exact) mass is 468 g/mol. The lowest BCUT2D eigenvalue weighted by atomic mass is 9.98. The van der Waals surface area contributed by atoms with Gasteiger partial charge in [-0.1, -0.05) is 11.6 Å². The summed E-state index contributed by atoms with van der Waals surface area (Å²) in [5.41, 5.74) is 0.374. The largest absolute Gasteiger partial charge is 0.497 e. The molecule has 1 N–H and O–H groups in total. The fourth-order valence-electron chi connectivity index (χ4n) is 3.46. The van der Waals surface area contributed by atoms with E-state index in [1.807, 2.05) is 0 Å². The number of methoxy groups -OCH3 is 3. The molecule has 1 heterocycles. The van der Waals surface area contributed by atoms with Crippen molar-refractivity contribution >= 4 is 33.2 Å². The molecule has 2 aromatic rings. The van der Waals surface area contributed by atoms with Gasteiger partial charge in [0.05, 0.1) is 42.9 Å². The minimum absolute atomic E-state index is 0.0884. The van der Waals surface area contributed by atoms with E-state index < -0.39 is 15.9 Å². The van der Waals surface area contributed by atoms with Crippen molar-refractivity contribution in [1.82, 2.24) is 4.31 Å². The Morgan fingerprint density at radius 2 is 1.71 bits per heavy atom. The summed E-state index contributed by atoms with van der Waals surface area (Å²) in [6.45, 7) is 0.445. The fraction of sp³-hybridized carbons (Fsp3) is 0.381. The molecule has 168 valence electrons. The van der Waals surface area contributed by atoms with E-state index in [0.29, 0.717) is 47.3 Å². The quantitative estimate of drug-likeness (QED) is 0.669. The molecule has 1 aliphatic rings. The van der Waals surface area contributed by atoms with Gasteiger partial charge in [-0.25, -0.2) is 8.42 Å². The van der Waals surface area contributed by atoms with Crippen LogP contribution in [0.3, 0.4) is 0 Å². The Bertz CT molecular complexity index is 1040. The number of halogens is 1. The highest BCUT2D eigenvalue weighted by Gasteiger charge is 2.33. The fourth-order valence-corrected chi connectivity index (χ4v) is 5.18. The Hall–Kier alpha value is -2.49. The molecule has 0 aliphatic carbocycles. The van der Waals surface area contributed by atoms with Crippen molar-refractivity contribution in [1.29, 1.82) is 0 Å². The molecule has 0 aromatic heterocycles. The molecule has 8 nitrogen and oxygen atoms in total. The van der Waals surface area contributed by atoms with Crippen LogP contribution in [-0.4, -0.2) is 53.0 Å². The molecule has 0 spiro atoms. The van der Waals surface area contributed by atoms with E-state index >= 15 is 0 Å². The summed E-state index contributed by atoms with van der Waals surface area (Å²) in [7, 11) is 0.776. The number of nitrogens with zero attached hydrogens (tertiary/aromatic N) is 1. The van der Waals surface area contributed by atoms with Gasteiger partial charge < -0.3 is 19.5 Å². The molecular formula is C21H25ClN2O6S. The maximum absolute atomic E-state index is 13.0. The lowest BCUT2D eigenvalue weighted by Gasteiger charge is -2.31. The van der Waals surface area contributed by atoms with E-state index in [4.69, 9.17) is 25.8 Å². The molecule has 31 heavy (non-hydrogen) atoms. The topological polar surface area (TPSA) is 94.2 Å². The number of ether oxygens (including phenoxy) is 3. The van der Waals surface area contributed by atoms with Crippen molar-refractivity contribution in [2.24, 2.45) is 5.92 Å². The molecule has 10 heteroatoms. The van der Waals surface area contributed by atoms with Gasteiger partial charge in [0, 0.05) is 25.2 Å². The van der Waals surface area contributed by atoms with Gasteiger partial charge >= 0.3 is 0 Å². The normalized spacial score (nSPS) is 17.1. The molecule has 0 saturated carbocycles. The van der Waals surface area contributed by atoms with Crippen LogP contribution >= 0.6 is 11.6 Å². The van der Waals surface area contributed by atoms with Crippen LogP contribution in [0.5, 0.6) is 17.2 Å². The number of carbonyl (C=O) groups is 1. The number of anilines is 1. The zero-order valence-corrected chi connectivity index (χ0v) is 19.1.